The van der Waals surface area contributed by atoms with E-state index in [0.29, 0.717) is 39.1 Å². The molecule has 0 spiro atoms. The van der Waals surface area contributed by atoms with Crippen molar-refractivity contribution in [3.63, 3.8) is 0 Å². The van der Waals surface area contributed by atoms with E-state index < -0.39 is 0 Å². The Morgan fingerprint density at radius 2 is 1.36 bits per heavy atom. The summed E-state index contributed by atoms with van der Waals surface area (Å²) in [6, 6.07) is 31.4. The van der Waals surface area contributed by atoms with Crippen molar-refractivity contribution in [2.24, 2.45) is 5.92 Å². The fourth-order valence-corrected chi connectivity index (χ4v) is 5.36. The molecule has 0 aliphatic carbocycles. The van der Waals surface area contributed by atoms with Crippen LogP contribution in [0.1, 0.15) is 29.2 Å². The first kappa shape index (κ1) is 24.1. The molecule has 6 nitrogen and oxygen atoms in total. The highest BCUT2D eigenvalue weighted by atomic mass is 16.2. The molecule has 186 valence electrons. The van der Waals surface area contributed by atoms with Crippen LogP contribution >= 0.6 is 0 Å². The van der Waals surface area contributed by atoms with Gasteiger partial charge in [0.1, 0.15) is 0 Å². The number of carbonyl (C=O) groups excluding carboxylic acids is 2. The van der Waals surface area contributed by atoms with Crippen LogP contribution in [0, 0.1) is 5.92 Å². The molecule has 2 aliphatic rings. The summed E-state index contributed by atoms with van der Waals surface area (Å²) in [6.07, 6.45) is 0.497. The molecule has 3 amide bonds. The van der Waals surface area contributed by atoms with Gasteiger partial charge in [0.25, 0.3) is 0 Å². The molecule has 2 aliphatic heterocycles. The molecule has 6 heteroatoms. The lowest BCUT2D eigenvalue weighted by Crippen LogP contribution is -2.53. The normalized spacial score (nSPS) is 18.6. The summed E-state index contributed by atoms with van der Waals surface area (Å²) in [5.41, 5.74) is 3.68. The molecule has 1 N–H and O–H groups in total. The molecule has 2 saturated heterocycles. The van der Waals surface area contributed by atoms with Gasteiger partial charge in [-0.1, -0.05) is 91.0 Å². The molecule has 3 aromatic carbocycles. The maximum atomic E-state index is 12.9. The average molecular weight is 483 g/mol. The van der Waals surface area contributed by atoms with Crippen molar-refractivity contribution in [2.75, 3.05) is 39.3 Å². The van der Waals surface area contributed by atoms with Gasteiger partial charge in [-0.05, 0) is 16.7 Å². The summed E-state index contributed by atoms with van der Waals surface area (Å²) in [4.78, 5) is 31.7. The van der Waals surface area contributed by atoms with Gasteiger partial charge in [0.2, 0.25) is 5.91 Å². The highest BCUT2D eigenvalue weighted by molar-refractivity contribution is 5.79. The molecular weight excluding hydrogens is 448 g/mol. The maximum Gasteiger partial charge on any atom is 0.317 e. The van der Waals surface area contributed by atoms with Gasteiger partial charge in [0.05, 0.1) is 6.04 Å². The van der Waals surface area contributed by atoms with Gasteiger partial charge < -0.3 is 15.1 Å². The zero-order valence-corrected chi connectivity index (χ0v) is 20.6. The third-order valence-corrected chi connectivity index (χ3v) is 7.25. The molecule has 3 aromatic rings. The monoisotopic (exact) mass is 482 g/mol. The Bertz CT molecular complexity index is 1090. The van der Waals surface area contributed by atoms with Gasteiger partial charge in [-0.25, -0.2) is 4.79 Å². The number of carbonyl (C=O) groups is 2. The van der Waals surface area contributed by atoms with Crippen LogP contribution in [-0.4, -0.2) is 65.9 Å². The van der Waals surface area contributed by atoms with Crippen LogP contribution in [0.4, 0.5) is 4.79 Å². The van der Waals surface area contributed by atoms with E-state index in [4.69, 9.17) is 0 Å². The first-order chi connectivity index (χ1) is 17.7. The number of piperazine rings is 1. The molecule has 5 rings (SSSR count). The van der Waals surface area contributed by atoms with Crippen molar-refractivity contribution < 1.29 is 9.59 Å². The maximum absolute atomic E-state index is 12.9. The van der Waals surface area contributed by atoms with Crippen molar-refractivity contribution in [1.82, 2.24) is 20.0 Å². The third-order valence-electron chi connectivity index (χ3n) is 7.25. The lowest BCUT2D eigenvalue weighted by Gasteiger charge is -2.39. The highest BCUT2D eigenvalue weighted by Gasteiger charge is 2.31. The van der Waals surface area contributed by atoms with Gasteiger partial charge in [-0.15, -0.1) is 0 Å². The topological polar surface area (TPSA) is 55.9 Å². The number of hydrogen-bond donors (Lipinski definition) is 1. The van der Waals surface area contributed by atoms with Crippen molar-refractivity contribution >= 4 is 11.9 Å². The second-order valence-electron chi connectivity index (χ2n) is 9.76. The molecule has 0 saturated carbocycles. The lowest BCUT2D eigenvalue weighted by atomic mass is 9.96. The van der Waals surface area contributed by atoms with E-state index in [1.54, 1.807) is 0 Å². The van der Waals surface area contributed by atoms with E-state index in [9.17, 15) is 9.59 Å². The van der Waals surface area contributed by atoms with E-state index in [-0.39, 0.29) is 23.9 Å². The lowest BCUT2D eigenvalue weighted by molar-refractivity contribution is -0.128. The zero-order chi connectivity index (χ0) is 24.7. The summed E-state index contributed by atoms with van der Waals surface area (Å²) in [7, 11) is 0. The standard InChI is InChI=1S/C30H34N4O2/c35-28-20-25(23-34(28)22-24-10-4-1-5-11-24)21-31-30(36)33-18-16-32(17-19-33)29(26-12-6-2-7-13-26)27-14-8-3-9-15-27/h1-15,25,29H,16-23H2,(H,31,36)/t25-/m0/s1. The SMILES string of the molecule is O=C1C[C@@H](CNC(=O)N2CCN(C(c3ccccc3)c3ccccc3)CC2)CN1Cc1ccccc1. The van der Waals surface area contributed by atoms with Crippen LogP contribution in [0.15, 0.2) is 91.0 Å². The Balaban J connectivity index is 1.12. The number of amides is 3. The van der Waals surface area contributed by atoms with Crippen LogP contribution < -0.4 is 5.32 Å². The number of urea groups is 1. The first-order valence-corrected chi connectivity index (χ1v) is 12.9. The van der Waals surface area contributed by atoms with E-state index in [2.05, 4.69) is 58.7 Å². The Morgan fingerprint density at radius 1 is 0.806 bits per heavy atom. The summed E-state index contributed by atoms with van der Waals surface area (Å²) in [5.74, 6) is 0.326. The fourth-order valence-electron chi connectivity index (χ4n) is 5.36. The minimum Gasteiger partial charge on any atom is -0.338 e. The second kappa shape index (κ2) is 11.4. The summed E-state index contributed by atoms with van der Waals surface area (Å²) >= 11 is 0. The summed E-state index contributed by atoms with van der Waals surface area (Å²) in [5, 5.41) is 3.10. The van der Waals surface area contributed by atoms with E-state index in [1.165, 1.54) is 11.1 Å². The van der Waals surface area contributed by atoms with Crippen molar-refractivity contribution in [2.45, 2.75) is 19.0 Å². The van der Waals surface area contributed by atoms with Crippen molar-refractivity contribution in [3.8, 4) is 0 Å². The predicted octanol–water partition coefficient (Wildman–Crippen LogP) is 4.15. The number of hydrogen-bond acceptors (Lipinski definition) is 3. The quantitative estimate of drug-likeness (QED) is 0.550. The largest absolute Gasteiger partial charge is 0.338 e. The molecule has 1 atom stereocenters. The van der Waals surface area contributed by atoms with Crippen LogP contribution in [0.3, 0.4) is 0 Å². The van der Waals surface area contributed by atoms with Gasteiger partial charge in [-0.3, -0.25) is 9.69 Å². The molecule has 2 heterocycles. The highest BCUT2D eigenvalue weighted by Crippen LogP contribution is 2.29. The smallest absolute Gasteiger partial charge is 0.317 e. The Labute approximate surface area is 213 Å². The molecule has 36 heavy (non-hydrogen) atoms. The molecule has 0 unspecified atom stereocenters. The van der Waals surface area contributed by atoms with Crippen LogP contribution in [-0.2, 0) is 11.3 Å². The first-order valence-electron chi connectivity index (χ1n) is 12.9. The molecule has 2 fully saturated rings. The number of likely N-dealkylation sites (tertiary alicyclic amines) is 1. The number of benzene rings is 3. The number of nitrogens with zero attached hydrogens (tertiary/aromatic N) is 3. The zero-order valence-electron chi connectivity index (χ0n) is 20.6. The van der Waals surface area contributed by atoms with Gasteiger partial charge in [0, 0.05) is 58.2 Å². The van der Waals surface area contributed by atoms with Crippen LogP contribution in [0.2, 0.25) is 0 Å². The minimum atomic E-state index is -0.0282. The predicted molar refractivity (Wildman–Crippen MR) is 141 cm³/mol. The Hall–Kier alpha value is -3.64. The Morgan fingerprint density at radius 3 is 1.94 bits per heavy atom. The molecular formula is C30H34N4O2. The molecule has 0 radical (unpaired) electrons. The second-order valence-corrected chi connectivity index (χ2v) is 9.76. The fraction of sp³-hybridized carbons (Fsp3) is 0.333. The molecule has 0 aromatic heterocycles. The van der Waals surface area contributed by atoms with E-state index in [0.717, 1.165) is 18.7 Å². The van der Waals surface area contributed by atoms with E-state index in [1.807, 2.05) is 52.3 Å². The van der Waals surface area contributed by atoms with Crippen LogP contribution in [0.25, 0.3) is 0 Å². The van der Waals surface area contributed by atoms with Gasteiger partial charge in [-0.2, -0.15) is 0 Å². The average Bonchev–Trinajstić information content (AvgIpc) is 3.28. The van der Waals surface area contributed by atoms with Crippen molar-refractivity contribution in [1.29, 1.82) is 0 Å². The van der Waals surface area contributed by atoms with Gasteiger partial charge >= 0.3 is 6.03 Å². The van der Waals surface area contributed by atoms with Gasteiger partial charge in [0.15, 0.2) is 0 Å². The third kappa shape index (κ3) is 5.77. The van der Waals surface area contributed by atoms with Crippen LogP contribution in [0.5, 0.6) is 0 Å². The molecule has 0 bridgehead atoms. The van der Waals surface area contributed by atoms with Crippen molar-refractivity contribution in [3.05, 3.63) is 108 Å². The summed E-state index contributed by atoms with van der Waals surface area (Å²) < 4.78 is 0. The van der Waals surface area contributed by atoms with E-state index >= 15 is 0 Å². The minimum absolute atomic E-state index is 0.0282. The Kier molecular flexibility index (Phi) is 7.62. The number of rotatable bonds is 7. The number of nitrogens with one attached hydrogen (secondary N) is 1. The summed E-state index contributed by atoms with van der Waals surface area (Å²) in [6.45, 7) is 4.86.